The van der Waals surface area contributed by atoms with Gasteiger partial charge in [0.2, 0.25) is 5.91 Å². The number of amides is 1. The van der Waals surface area contributed by atoms with Gasteiger partial charge in [0.15, 0.2) is 6.04 Å². The highest BCUT2D eigenvalue weighted by Crippen LogP contribution is 2.19. The maximum atomic E-state index is 11.6. The number of rotatable bonds is 5. The van der Waals surface area contributed by atoms with E-state index < -0.39 is 23.5 Å². The van der Waals surface area contributed by atoms with Gasteiger partial charge < -0.3 is 15.2 Å². The number of carbonyl (C=O) groups excluding carboxylic acids is 1. The van der Waals surface area contributed by atoms with Gasteiger partial charge >= 0.3 is 5.97 Å². The Hall–Kier alpha value is -1.40. The van der Waals surface area contributed by atoms with E-state index in [1.54, 1.807) is 17.5 Å². The highest BCUT2D eigenvalue weighted by atomic mass is 32.1. The standard InChI is InChI=1S/C12H17NO4S/c1-12(2,3)17-7-9(14)13-10(11(15)16)8-5-4-6-18-8/h4-6,10H,7H2,1-3H3,(H,13,14)(H,15,16). The first-order valence-electron chi connectivity index (χ1n) is 5.49. The molecule has 0 aliphatic rings. The van der Waals surface area contributed by atoms with Gasteiger partial charge in [0, 0.05) is 4.88 Å². The van der Waals surface area contributed by atoms with Crippen LogP contribution in [-0.4, -0.2) is 29.2 Å². The zero-order chi connectivity index (χ0) is 13.8. The van der Waals surface area contributed by atoms with Crippen LogP contribution in [0.4, 0.5) is 0 Å². The molecule has 1 amide bonds. The zero-order valence-electron chi connectivity index (χ0n) is 10.6. The van der Waals surface area contributed by atoms with Crippen molar-refractivity contribution in [2.45, 2.75) is 32.4 Å². The molecule has 1 rings (SSSR count). The molecule has 6 heteroatoms. The third-order valence-electron chi connectivity index (χ3n) is 2.02. The molecule has 5 nitrogen and oxygen atoms in total. The molecule has 2 N–H and O–H groups in total. The molecular weight excluding hydrogens is 254 g/mol. The van der Waals surface area contributed by atoms with Crippen molar-refractivity contribution in [2.75, 3.05) is 6.61 Å². The molecular formula is C12H17NO4S. The normalized spacial score (nSPS) is 13.1. The third kappa shape index (κ3) is 4.85. The lowest BCUT2D eigenvalue weighted by molar-refractivity contribution is -0.143. The number of nitrogens with one attached hydrogen (secondary N) is 1. The molecule has 0 saturated heterocycles. The fourth-order valence-corrected chi connectivity index (χ4v) is 1.96. The summed E-state index contributed by atoms with van der Waals surface area (Å²) in [6.45, 7) is 5.33. The Bertz CT molecular complexity index is 408. The van der Waals surface area contributed by atoms with Gasteiger partial charge in [0.1, 0.15) is 6.61 Å². The summed E-state index contributed by atoms with van der Waals surface area (Å²) in [6, 6.07) is 2.41. The molecule has 0 saturated carbocycles. The summed E-state index contributed by atoms with van der Waals surface area (Å²) < 4.78 is 5.29. The molecule has 18 heavy (non-hydrogen) atoms. The minimum Gasteiger partial charge on any atom is -0.479 e. The molecule has 1 aromatic rings. The van der Waals surface area contributed by atoms with Crippen LogP contribution >= 0.6 is 11.3 Å². The van der Waals surface area contributed by atoms with Crippen molar-refractivity contribution in [1.29, 1.82) is 0 Å². The Morgan fingerprint density at radius 1 is 1.50 bits per heavy atom. The number of ether oxygens (including phenoxy) is 1. The van der Waals surface area contributed by atoms with Gasteiger partial charge in [-0.25, -0.2) is 4.79 Å². The van der Waals surface area contributed by atoms with Gasteiger partial charge in [-0.3, -0.25) is 4.79 Å². The fourth-order valence-electron chi connectivity index (χ4n) is 1.19. The van der Waals surface area contributed by atoms with Gasteiger partial charge in [-0.1, -0.05) is 6.07 Å². The summed E-state index contributed by atoms with van der Waals surface area (Å²) in [6.07, 6.45) is 0. The number of aliphatic carboxylic acids is 1. The predicted octanol–water partition coefficient (Wildman–Crippen LogP) is 1.81. The van der Waals surface area contributed by atoms with Crippen molar-refractivity contribution in [1.82, 2.24) is 5.32 Å². The summed E-state index contributed by atoms with van der Waals surface area (Å²) in [5.74, 6) is -1.52. The van der Waals surface area contributed by atoms with E-state index in [0.29, 0.717) is 4.88 Å². The Kier molecular flexibility index (Phi) is 4.86. The van der Waals surface area contributed by atoms with Gasteiger partial charge in [0.25, 0.3) is 0 Å². The lowest BCUT2D eigenvalue weighted by Crippen LogP contribution is -2.37. The maximum absolute atomic E-state index is 11.6. The van der Waals surface area contributed by atoms with Crippen molar-refractivity contribution < 1.29 is 19.4 Å². The summed E-state index contributed by atoms with van der Waals surface area (Å²) in [4.78, 5) is 23.3. The largest absolute Gasteiger partial charge is 0.479 e. The van der Waals surface area contributed by atoms with Crippen LogP contribution in [0.2, 0.25) is 0 Å². The average molecular weight is 271 g/mol. The molecule has 100 valence electrons. The number of carboxylic acids is 1. The number of hydrogen-bond donors (Lipinski definition) is 2. The van der Waals surface area contributed by atoms with Crippen LogP contribution in [0.15, 0.2) is 17.5 Å². The minimum atomic E-state index is -1.08. The first kappa shape index (κ1) is 14.7. The molecule has 0 radical (unpaired) electrons. The number of carbonyl (C=O) groups is 2. The summed E-state index contributed by atoms with van der Waals surface area (Å²) >= 11 is 1.29. The van der Waals surface area contributed by atoms with Gasteiger partial charge in [-0.15, -0.1) is 11.3 Å². The van der Waals surface area contributed by atoms with Crippen LogP contribution in [0.1, 0.15) is 31.7 Å². The Labute approximate surface area is 110 Å². The zero-order valence-corrected chi connectivity index (χ0v) is 11.4. The quantitative estimate of drug-likeness (QED) is 0.856. The minimum absolute atomic E-state index is 0.154. The Balaban J connectivity index is 2.58. The molecule has 0 bridgehead atoms. The van der Waals surface area contributed by atoms with Crippen molar-refractivity contribution >= 4 is 23.2 Å². The Morgan fingerprint density at radius 3 is 2.61 bits per heavy atom. The fraction of sp³-hybridized carbons (Fsp3) is 0.500. The molecule has 1 heterocycles. The van der Waals surface area contributed by atoms with Crippen molar-refractivity contribution in [3.05, 3.63) is 22.4 Å². The molecule has 0 spiro atoms. The van der Waals surface area contributed by atoms with E-state index in [0.717, 1.165) is 0 Å². The summed E-state index contributed by atoms with van der Waals surface area (Å²) in [5, 5.41) is 13.3. The van der Waals surface area contributed by atoms with Crippen molar-refractivity contribution in [3.8, 4) is 0 Å². The van der Waals surface area contributed by atoms with Crippen LogP contribution in [0.25, 0.3) is 0 Å². The monoisotopic (exact) mass is 271 g/mol. The molecule has 1 atom stereocenters. The molecule has 0 aromatic carbocycles. The van der Waals surface area contributed by atoms with Gasteiger partial charge in [0.05, 0.1) is 5.60 Å². The third-order valence-corrected chi connectivity index (χ3v) is 2.95. The van der Waals surface area contributed by atoms with E-state index >= 15 is 0 Å². The SMILES string of the molecule is CC(C)(C)OCC(=O)NC(C(=O)O)c1cccs1. The lowest BCUT2D eigenvalue weighted by atomic mass is 10.2. The number of carboxylic acid groups (broad SMARTS) is 1. The smallest absolute Gasteiger partial charge is 0.331 e. The average Bonchev–Trinajstić information content (AvgIpc) is 2.74. The predicted molar refractivity (Wildman–Crippen MR) is 68.5 cm³/mol. The van der Waals surface area contributed by atoms with Gasteiger partial charge in [-0.05, 0) is 32.2 Å². The lowest BCUT2D eigenvalue weighted by Gasteiger charge is -2.20. The van der Waals surface area contributed by atoms with Crippen molar-refractivity contribution in [3.63, 3.8) is 0 Å². The van der Waals surface area contributed by atoms with E-state index in [1.807, 2.05) is 20.8 Å². The molecule has 0 aliphatic heterocycles. The van der Waals surface area contributed by atoms with Crippen LogP contribution in [0.3, 0.4) is 0 Å². The van der Waals surface area contributed by atoms with Crippen LogP contribution in [-0.2, 0) is 14.3 Å². The van der Waals surface area contributed by atoms with E-state index in [1.165, 1.54) is 11.3 Å². The molecule has 1 unspecified atom stereocenters. The first-order chi connectivity index (χ1) is 8.29. The summed E-state index contributed by atoms with van der Waals surface area (Å²) in [7, 11) is 0. The molecule has 0 aliphatic carbocycles. The second-order valence-corrected chi connectivity index (χ2v) is 5.73. The second kappa shape index (κ2) is 5.97. The topological polar surface area (TPSA) is 75.6 Å². The van der Waals surface area contributed by atoms with Crippen LogP contribution in [0.5, 0.6) is 0 Å². The highest BCUT2D eigenvalue weighted by molar-refractivity contribution is 7.10. The van der Waals surface area contributed by atoms with Crippen LogP contribution < -0.4 is 5.32 Å². The van der Waals surface area contributed by atoms with E-state index in [2.05, 4.69) is 5.32 Å². The van der Waals surface area contributed by atoms with E-state index in [-0.39, 0.29) is 6.61 Å². The maximum Gasteiger partial charge on any atom is 0.331 e. The first-order valence-corrected chi connectivity index (χ1v) is 6.37. The van der Waals surface area contributed by atoms with Crippen molar-refractivity contribution in [2.24, 2.45) is 0 Å². The van der Waals surface area contributed by atoms with Crippen LogP contribution in [0, 0.1) is 0 Å². The van der Waals surface area contributed by atoms with E-state index in [9.17, 15) is 9.59 Å². The number of hydrogen-bond acceptors (Lipinski definition) is 4. The van der Waals surface area contributed by atoms with Gasteiger partial charge in [-0.2, -0.15) is 0 Å². The van der Waals surface area contributed by atoms with E-state index in [4.69, 9.17) is 9.84 Å². The highest BCUT2D eigenvalue weighted by Gasteiger charge is 2.23. The summed E-state index contributed by atoms with van der Waals surface area (Å²) in [5.41, 5.74) is -0.432. The number of thiophene rings is 1. The Morgan fingerprint density at radius 2 is 2.17 bits per heavy atom. The molecule has 1 aromatic heterocycles. The second-order valence-electron chi connectivity index (χ2n) is 4.76. The molecule has 0 fully saturated rings.